The Morgan fingerprint density at radius 1 is 1.30 bits per heavy atom. The van der Waals surface area contributed by atoms with Crippen LogP contribution in [0.25, 0.3) is 0 Å². The molecule has 2 rings (SSSR count). The monoisotopic (exact) mass is 287 g/mol. The minimum Gasteiger partial charge on any atom is -0.380 e. The Labute approximate surface area is 120 Å². The first-order valence-electron chi connectivity index (χ1n) is 5.77. The molecule has 5 nitrogen and oxygen atoms in total. The van der Waals surface area contributed by atoms with E-state index in [1.807, 2.05) is 6.07 Å². The van der Waals surface area contributed by atoms with Crippen LogP contribution in [0.1, 0.15) is 11.1 Å². The molecule has 6 heteroatoms. The van der Waals surface area contributed by atoms with Crippen molar-refractivity contribution in [2.24, 2.45) is 0 Å². The summed E-state index contributed by atoms with van der Waals surface area (Å²) in [6.07, 6.45) is 0. The number of rotatable bonds is 4. The van der Waals surface area contributed by atoms with E-state index in [2.05, 4.69) is 5.32 Å². The summed E-state index contributed by atoms with van der Waals surface area (Å²) in [5.41, 5.74) is 1.92. The smallest absolute Gasteiger partial charge is 0.269 e. The zero-order chi connectivity index (χ0) is 14.5. The van der Waals surface area contributed by atoms with Crippen LogP contribution in [-0.4, -0.2) is 4.92 Å². The van der Waals surface area contributed by atoms with E-state index in [1.54, 1.807) is 30.3 Å². The number of nitro groups is 1. The Balaban J connectivity index is 2.15. The van der Waals surface area contributed by atoms with Crippen LogP contribution in [-0.2, 0) is 6.54 Å². The van der Waals surface area contributed by atoms with Gasteiger partial charge in [-0.1, -0.05) is 23.7 Å². The van der Waals surface area contributed by atoms with Crippen LogP contribution < -0.4 is 5.32 Å². The molecule has 20 heavy (non-hydrogen) atoms. The van der Waals surface area contributed by atoms with Crippen LogP contribution in [0.2, 0.25) is 5.02 Å². The molecule has 2 aromatic carbocycles. The van der Waals surface area contributed by atoms with Gasteiger partial charge in [0, 0.05) is 18.7 Å². The molecule has 0 aliphatic heterocycles. The van der Waals surface area contributed by atoms with Gasteiger partial charge in [-0.05, 0) is 23.8 Å². The molecule has 0 amide bonds. The van der Waals surface area contributed by atoms with Gasteiger partial charge in [0.2, 0.25) is 0 Å². The SMILES string of the molecule is N#Cc1ccc(Cl)c(NCc2cccc([N+](=O)[O-])c2)c1. The number of nitriles is 1. The first kappa shape index (κ1) is 13.8. The van der Waals surface area contributed by atoms with Crippen LogP contribution in [0.3, 0.4) is 0 Å². The van der Waals surface area contributed by atoms with Crippen LogP contribution in [0.5, 0.6) is 0 Å². The molecule has 2 aromatic rings. The number of nitro benzene ring substituents is 1. The molecule has 100 valence electrons. The first-order chi connectivity index (χ1) is 9.60. The predicted molar refractivity (Wildman–Crippen MR) is 76.6 cm³/mol. The van der Waals surface area contributed by atoms with Gasteiger partial charge in [0.05, 0.1) is 27.3 Å². The van der Waals surface area contributed by atoms with Gasteiger partial charge in [0.25, 0.3) is 5.69 Å². The highest BCUT2D eigenvalue weighted by atomic mass is 35.5. The number of nitrogens with zero attached hydrogens (tertiary/aromatic N) is 2. The number of anilines is 1. The van der Waals surface area contributed by atoms with Gasteiger partial charge in [-0.3, -0.25) is 10.1 Å². The molecule has 0 aliphatic carbocycles. The molecule has 0 aliphatic rings. The highest BCUT2D eigenvalue weighted by Crippen LogP contribution is 2.23. The van der Waals surface area contributed by atoms with Crippen molar-refractivity contribution >= 4 is 23.0 Å². The summed E-state index contributed by atoms with van der Waals surface area (Å²) in [4.78, 5) is 10.3. The Hall–Kier alpha value is -2.58. The molecular weight excluding hydrogens is 278 g/mol. The number of benzene rings is 2. The predicted octanol–water partition coefficient (Wildman–Crippen LogP) is 3.73. The topological polar surface area (TPSA) is 79.0 Å². The third-order valence-corrected chi connectivity index (χ3v) is 3.03. The maximum Gasteiger partial charge on any atom is 0.269 e. The summed E-state index contributed by atoms with van der Waals surface area (Å²) >= 11 is 6.02. The lowest BCUT2D eigenvalue weighted by atomic mass is 10.2. The zero-order valence-electron chi connectivity index (χ0n) is 10.3. The van der Waals surface area contributed by atoms with E-state index in [4.69, 9.17) is 16.9 Å². The Bertz CT molecular complexity index is 695. The number of nitrogens with one attached hydrogen (secondary N) is 1. The second kappa shape index (κ2) is 6.04. The molecule has 0 bridgehead atoms. The third kappa shape index (κ3) is 3.25. The van der Waals surface area contributed by atoms with E-state index >= 15 is 0 Å². The highest BCUT2D eigenvalue weighted by molar-refractivity contribution is 6.33. The lowest BCUT2D eigenvalue weighted by molar-refractivity contribution is -0.384. The van der Waals surface area contributed by atoms with Crippen molar-refractivity contribution in [1.82, 2.24) is 0 Å². The fraction of sp³-hybridized carbons (Fsp3) is 0.0714. The Morgan fingerprint density at radius 3 is 2.80 bits per heavy atom. The first-order valence-corrected chi connectivity index (χ1v) is 6.15. The summed E-state index contributed by atoms with van der Waals surface area (Å²) in [5.74, 6) is 0. The minimum atomic E-state index is -0.438. The molecule has 0 radical (unpaired) electrons. The maximum atomic E-state index is 10.7. The average molecular weight is 288 g/mol. The molecule has 0 fully saturated rings. The van der Waals surface area contributed by atoms with E-state index < -0.39 is 4.92 Å². The molecule has 0 atom stereocenters. The average Bonchev–Trinajstić information content (AvgIpc) is 2.46. The largest absolute Gasteiger partial charge is 0.380 e. The second-order valence-electron chi connectivity index (χ2n) is 4.09. The Morgan fingerprint density at radius 2 is 2.10 bits per heavy atom. The molecule has 0 aromatic heterocycles. The standard InChI is InChI=1S/C14H10ClN3O2/c15-13-5-4-10(8-16)7-14(13)17-9-11-2-1-3-12(6-11)18(19)20/h1-7,17H,9H2. The molecule has 0 saturated carbocycles. The molecular formula is C14H10ClN3O2. The lowest BCUT2D eigenvalue weighted by Crippen LogP contribution is -2.01. The molecule has 0 spiro atoms. The second-order valence-corrected chi connectivity index (χ2v) is 4.49. The number of non-ortho nitro benzene ring substituents is 1. The van der Waals surface area contributed by atoms with Crippen molar-refractivity contribution in [1.29, 1.82) is 5.26 Å². The van der Waals surface area contributed by atoms with E-state index in [1.165, 1.54) is 12.1 Å². The van der Waals surface area contributed by atoms with Crippen LogP contribution in [0, 0.1) is 21.4 Å². The van der Waals surface area contributed by atoms with Crippen molar-refractivity contribution in [3.8, 4) is 6.07 Å². The van der Waals surface area contributed by atoms with Crippen molar-refractivity contribution in [3.05, 3.63) is 68.7 Å². The number of halogens is 1. The van der Waals surface area contributed by atoms with Crippen molar-refractivity contribution in [3.63, 3.8) is 0 Å². The van der Waals surface area contributed by atoms with E-state index in [-0.39, 0.29) is 5.69 Å². The molecule has 1 N–H and O–H groups in total. The quantitative estimate of drug-likeness (QED) is 0.686. The number of hydrogen-bond donors (Lipinski definition) is 1. The fourth-order valence-corrected chi connectivity index (χ4v) is 1.89. The van der Waals surface area contributed by atoms with Gasteiger partial charge in [-0.2, -0.15) is 5.26 Å². The minimum absolute atomic E-state index is 0.0428. The van der Waals surface area contributed by atoms with Gasteiger partial charge in [0.15, 0.2) is 0 Å². The summed E-state index contributed by atoms with van der Waals surface area (Å²) in [7, 11) is 0. The van der Waals surface area contributed by atoms with E-state index in [0.717, 1.165) is 5.56 Å². The number of hydrogen-bond acceptors (Lipinski definition) is 4. The molecule has 0 saturated heterocycles. The van der Waals surface area contributed by atoms with Crippen molar-refractivity contribution in [2.45, 2.75) is 6.54 Å². The van der Waals surface area contributed by atoms with Crippen LogP contribution in [0.15, 0.2) is 42.5 Å². The summed E-state index contributed by atoms with van der Waals surface area (Å²) in [6.45, 7) is 0.385. The third-order valence-electron chi connectivity index (χ3n) is 2.70. The van der Waals surface area contributed by atoms with Crippen molar-refractivity contribution in [2.75, 3.05) is 5.32 Å². The zero-order valence-corrected chi connectivity index (χ0v) is 11.1. The van der Waals surface area contributed by atoms with Gasteiger partial charge in [-0.15, -0.1) is 0 Å². The van der Waals surface area contributed by atoms with Gasteiger partial charge in [0.1, 0.15) is 0 Å². The van der Waals surface area contributed by atoms with E-state index in [9.17, 15) is 10.1 Å². The maximum absolute atomic E-state index is 10.7. The summed E-state index contributed by atoms with van der Waals surface area (Å²) in [6, 6.07) is 13.3. The lowest BCUT2D eigenvalue weighted by Gasteiger charge is -2.08. The van der Waals surface area contributed by atoms with Crippen molar-refractivity contribution < 1.29 is 4.92 Å². The fourth-order valence-electron chi connectivity index (χ4n) is 1.71. The van der Waals surface area contributed by atoms with Crippen LogP contribution in [0.4, 0.5) is 11.4 Å². The van der Waals surface area contributed by atoms with E-state index in [0.29, 0.717) is 22.8 Å². The summed E-state index contributed by atoms with van der Waals surface area (Å²) in [5, 5.41) is 23.1. The van der Waals surface area contributed by atoms with Gasteiger partial charge in [-0.25, -0.2) is 0 Å². The molecule has 0 unspecified atom stereocenters. The van der Waals surface area contributed by atoms with Gasteiger partial charge < -0.3 is 5.32 Å². The Kier molecular flexibility index (Phi) is 4.18. The van der Waals surface area contributed by atoms with Gasteiger partial charge >= 0.3 is 0 Å². The van der Waals surface area contributed by atoms with Crippen LogP contribution >= 0.6 is 11.6 Å². The summed E-state index contributed by atoms with van der Waals surface area (Å²) < 4.78 is 0. The highest BCUT2D eigenvalue weighted by Gasteiger charge is 2.06. The molecule has 0 heterocycles. The normalized spacial score (nSPS) is 9.80.